The zero-order chi connectivity index (χ0) is 14.6. The molecule has 4 nitrogen and oxygen atoms in total. The van der Waals surface area contributed by atoms with Gasteiger partial charge in [0, 0.05) is 25.8 Å². The predicted molar refractivity (Wildman–Crippen MR) is 68.7 cm³/mol. The zero-order valence-corrected chi connectivity index (χ0v) is 11.5. The van der Waals surface area contributed by atoms with E-state index in [1.807, 2.05) is 0 Å². The molecule has 2 rings (SSSR count). The second kappa shape index (κ2) is 6.58. The van der Waals surface area contributed by atoms with Crippen molar-refractivity contribution in [3.63, 3.8) is 0 Å². The third-order valence-electron chi connectivity index (χ3n) is 2.81. The van der Waals surface area contributed by atoms with Crippen molar-refractivity contribution in [1.29, 1.82) is 0 Å². The number of alkyl halides is 3. The first-order valence-corrected chi connectivity index (χ1v) is 6.76. The van der Waals surface area contributed by atoms with E-state index in [2.05, 4.69) is 15.3 Å². The minimum Gasteiger partial charge on any atom is -0.381 e. The Morgan fingerprint density at radius 3 is 2.75 bits per heavy atom. The summed E-state index contributed by atoms with van der Waals surface area (Å²) in [6, 6.07) is 0.844. The fourth-order valence-electron chi connectivity index (χ4n) is 1.58. The lowest BCUT2D eigenvalue weighted by Crippen LogP contribution is -2.12. The highest BCUT2D eigenvalue weighted by molar-refractivity contribution is 6.28. The van der Waals surface area contributed by atoms with Crippen molar-refractivity contribution in [1.82, 2.24) is 9.97 Å². The van der Waals surface area contributed by atoms with Crippen LogP contribution in [0.3, 0.4) is 0 Å². The molecule has 1 fully saturated rings. The molecule has 0 saturated heterocycles. The van der Waals surface area contributed by atoms with E-state index >= 15 is 0 Å². The molecule has 0 amide bonds. The summed E-state index contributed by atoms with van der Waals surface area (Å²) in [5.74, 6) is 0.775. The molecule has 1 aliphatic rings. The number of nitrogens with zero attached hydrogens (tertiary/aromatic N) is 2. The summed E-state index contributed by atoms with van der Waals surface area (Å²) in [6.45, 7) is 1.82. The van der Waals surface area contributed by atoms with Crippen LogP contribution in [-0.4, -0.2) is 29.7 Å². The van der Waals surface area contributed by atoms with Gasteiger partial charge in [0.1, 0.15) is 5.82 Å². The summed E-state index contributed by atoms with van der Waals surface area (Å²) in [5, 5.41) is 2.36. The maximum Gasteiger partial charge on any atom is 0.433 e. The number of nitrogens with one attached hydrogen (secondary N) is 1. The van der Waals surface area contributed by atoms with Crippen molar-refractivity contribution < 1.29 is 17.9 Å². The molecule has 112 valence electrons. The van der Waals surface area contributed by atoms with E-state index in [0.29, 0.717) is 25.5 Å². The predicted octanol–water partition coefficient (Wildman–Crippen LogP) is 3.38. The Kier molecular flexibility index (Phi) is 5.04. The zero-order valence-electron chi connectivity index (χ0n) is 10.7. The average Bonchev–Trinajstić information content (AvgIpc) is 3.16. The molecule has 8 heteroatoms. The van der Waals surface area contributed by atoms with Gasteiger partial charge in [-0.25, -0.2) is 9.97 Å². The summed E-state index contributed by atoms with van der Waals surface area (Å²) >= 11 is 5.47. The first-order valence-electron chi connectivity index (χ1n) is 6.38. The largest absolute Gasteiger partial charge is 0.433 e. The van der Waals surface area contributed by atoms with Crippen LogP contribution in [0, 0.1) is 5.92 Å². The molecule has 0 radical (unpaired) electrons. The second-order valence-electron chi connectivity index (χ2n) is 4.70. The Hall–Kier alpha value is -1.08. The van der Waals surface area contributed by atoms with Gasteiger partial charge in [-0.05, 0) is 36.8 Å². The molecule has 0 bridgehead atoms. The van der Waals surface area contributed by atoms with E-state index in [1.165, 1.54) is 12.8 Å². The molecule has 0 atom stereocenters. The number of ether oxygens (including phenoxy) is 1. The van der Waals surface area contributed by atoms with Crippen LogP contribution in [0.15, 0.2) is 6.07 Å². The Bertz CT molecular complexity index is 452. The Labute approximate surface area is 119 Å². The van der Waals surface area contributed by atoms with Crippen LogP contribution in [0.5, 0.6) is 0 Å². The standard InChI is InChI=1S/C12H15ClF3N3O/c13-11-18-9(12(14,15)16)6-10(19-11)17-4-1-5-20-7-8-2-3-8/h6,8H,1-5,7H2,(H,17,18,19). The summed E-state index contributed by atoms with van der Waals surface area (Å²) in [4.78, 5) is 6.86. The summed E-state index contributed by atoms with van der Waals surface area (Å²) in [7, 11) is 0. The van der Waals surface area contributed by atoms with Gasteiger partial charge in [0.05, 0.1) is 0 Å². The van der Waals surface area contributed by atoms with Crippen molar-refractivity contribution in [3.8, 4) is 0 Å². The van der Waals surface area contributed by atoms with E-state index < -0.39 is 17.2 Å². The maximum atomic E-state index is 12.5. The molecule has 0 aromatic carbocycles. The molecular formula is C12H15ClF3N3O. The third-order valence-corrected chi connectivity index (χ3v) is 2.98. The smallest absolute Gasteiger partial charge is 0.381 e. The van der Waals surface area contributed by atoms with Crippen molar-refractivity contribution in [2.45, 2.75) is 25.4 Å². The van der Waals surface area contributed by atoms with E-state index in [0.717, 1.165) is 12.7 Å². The van der Waals surface area contributed by atoms with E-state index in [-0.39, 0.29) is 5.82 Å². The molecular weight excluding hydrogens is 295 g/mol. The first-order chi connectivity index (χ1) is 9.45. The minimum atomic E-state index is -4.53. The Balaban J connectivity index is 1.75. The molecule has 0 spiro atoms. The lowest BCUT2D eigenvalue weighted by atomic mass is 10.3. The quantitative estimate of drug-likeness (QED) is 0.619. The fourth-order valence-corrected chi connectivity index (χ4v) is 1.76. The highest BCUT2D eigenvalue weighted by Crippen LogP contribution is 2.30. The fraction of sp³-hybridized carbons (Fsp3) is 0.667. The maximum absolute atomic E-state index is 12.5. The van der Waals surface area contributed by atoms with Gasteiger partial charge in [0.25, 0.3) is 0 Å². The number of rotatable bonds is 7. The number of anilines is 1. The van der Waals surface area contributed by atoms with E-state index in [9.17, 15) is 13.2 Å². The van der Waals surface area contributed by atoms with Crippen molar-refractivity contribution in [2.24, 2.45) is 5.92 Å². The van der Waals surface area contributed by atoms with Crippen LogP contribution in [0.2, 0.25) is 5.28 Å². The summed E-state index contributed by atoms with van der Waals surface area (Å²) in [5.41, 5.74) is -1.05. The molecule has 1 N–H and O–H groups in total. The van der Waals surface area contributed by atoms with E-state index in [4.69, 9.17) is 16.3 Å². The number of hydrogen-bond acceptors (Lipinski definition) is 4. The number of halogens is 4. The monoisotopic (exact) mass is 309 g/mol. The summed E-state index contributed by atoms with van der Waals surface area (Å²) < 4.78 is 43.0. The van der Waals surface area contributed by atoms with Crippen LogP contribution < -0.4 is 5.32 Å². The van der Waals surface area contributed by atoms with Crippen LogP contribution in [0.25, 0.3) is 0 Å². The van der Waals surface area contributed by atoms with Gasteiger partial charge in [-0.3, -0.25) is 0 Å². The molecule has 1 saturated carbocycles. The lowest BCUT2D eigenvalue weighted by Gasteiger charge is -2.10. The highest BCUT2D eigenvalue weighted by atomic mass is 35.5. The minimum absolute atomic E-state index is 0.0690. The Morgan fingerprint density at radius 2 is 2.10 bits per heavy atom. The van der Waals surface area contributed by atoms with Crippen LogP contribution in [-0.2, 0) is 10.9 Å². The van der Waals surface area contributed by atoms with Crippen molar-refractivity contribution in [3.05, 3.63) is 17.0 Å². The third kappa shape index (κ3) is 5.13. The Morgan fingerprint density at radius 1 is 1.35 bits per heavy atom. The van der Waals surface area contributed by atoms with Gasteiger partial charge in [-0.15, -0.1) is 0 Å². The summed E-state index contributed by atoms with van der Waals surface area (Å²) in [6.07, 6.45) is -1.37. The van der Waals surface area contributed by atoms with Gasteiger partial charge in [0.2, 0.25) is 5.28 Å². The average molecular weight is 310 g/mol. The first kappa shape index (κ1) is 15.3. The van der Waals surface area contributed by atoms with Gasteiger partial charge in [0.15, 0.2) is 5.69 Å². The van der Waals surface area contributed by atoms with E-state index in [1.54, 1.807) is 0 Å². The molecule has 1 heterocycles. The second-order valence-corrected chi connectivity index (χ2v) is 5.04. The molecule has 0 aliphatic heterocycles. The number of aromatic nitrogens is 2. The molecule has 20 heavy (non-hydrogen) atoms. The van der Waals surface area contributed by atoms with Crippen molar-refractivity contribution >= 4 is 17.4 Å². The van der Waals surface area contributed by atoms with Crippen LogP contribution in [0.1, 0.15) is 25.0 Å². The van der Waals surface area contributed by atoms with Gasteiger partial charge in [-0.2, -0.15) is 13.2 Å². The van der Waals surface area contributed by atoms with Crippen molar-refractivity contribution in [2.75, 3.05) is 25.1 Å². The molecule has 0 unspecified atom stereocenters. The molecule has 1 aliphatic carbocycles. The molecule has 1 aromatic heterocycles. The van der Waals surface area contributed by atoms with Crippen LogP contribution in [0.4, 0.5) is 19.0 Å². The lowest BCUT2D eigenvalue weighted by molar-refractivity contribution is -0.141. The SMILES string of the molecule is FC(F)(F)c1cc(NCCCOCC2CC2)nc(Cl)n1. The van der Waals surface area contributed by atoms with Gasteiger partial charge >= 0.3 is 6.18 Å². The van der Waals surface area contributed by atoms with Gasteiger partial charge < -0.3 is 10.1 Å². The highest BCUT2D eigenvalue weighted by Gasteiger charge is 2.33. The molecule has 1 aromatic rings. The normalized spacial score (nSPS) is 15.4. The van der Waals surface area contributed by atoms with Crippen LogP contribution >= 0.6 is 11.6 Å². The number of hydrogen-bond donors (Lipinski definition) is 1. The van der Waals surface area contributed by atoms with Gasteiger partial charge in [-0.1, -0.05) is 0 Å². The topological polar surface area (TPSA) is 47.0 Å².